The number of amides is 2. The Bertz CT molecular complexity index is 988. The van der Waals surface area contributed by atoms with E-state index in [4.69, 9.17) is 0 Å². The Labute approximate surface area is 177 Å². The predicted molar refractivity (Wildman–Crippen MR) is 122 cm³/mol. The van der Waals surface area contributed by atoms with Crippen molar-refractivity contribution in [3.05, 3.63) is 96.1 Å². The molecule has 3 aromatic rings. The number of hydrogen-bond donors (Lipinski definition) is 1. The van der Waals surface area contributed by atoms with E-state index in [-0.39, 0.29) is 24.4 Å². The van der Waals surface area contributed by atoms with Crippen LogP contribution < -0.4 is 10.2 Å². The average molecular weight is 402 g/mol. The molecule has 0 saturated carbocycles. The number of rotatable bonds is 7. The summed E-state index contributed by atoms with van der Waals surface area (Å²) in [6.07, 6.45) is 0. The molecular formula is C25H27N3O2. The molecule has 2 amide bonds. The predicted octanol–water partition coefficient (Wildman–Crippen LogP) is 4.59. The third kappa shape index (κ3) is 5.26. The maximum absolute atomic E-state index is 12.9. The molecule has 0 aliphatic carbocycles. The molecule has 3 rings (SSSR count). The first-order valence-corrected chi connectivity index (χ1v) is 9.94. The molecule has 0 spiro atoms. The maximum atomic E-state index is 12.9. The van der Waals surface area contributed by atoms with Gasteiger partial charge in [0.25, 0.3) is 5.91 Å². The minimum atomic E-state index is -0.143. The van der Waals surface area contributed by atoms with Gasteiger partial charge < -0.3 is 15.1 Å². The van der Waals surface area contributed by atoms with Crippen LogP contribution in [0.2, 0.25) is 0 Å². The van der Waals surface area contributed by atoms with Gasteiger partial charge in [-0.05, 0) is 42.8 Å². The highest BCUT2D eigenvalue weighted by Gasteiger charge is 2.19. The number of carbonyl (C=O) groups is 2. The van der Waals surface area contributed by atoms with Gasteiger partial charge in [-0.1, -0.05) is 54.6 Å². The van der Waals surface area contributed by atoms with Gasteiger partial charge in [-0.2, -0.15) is 0 Å². The van der Waals surface area contributed by atoms with Crippen LogP contribution in [0.4, 0.5) is 11.4 Å². The van der Waals surface area contributed by atoms with E-state index in [0.717, 1.165) is 11.3 Å². The number of hydrogen-bond acceptors (Lipinski definition) is 3. The Kier molecular flexibility index (Phi) is 6.86. The summed E-state index contributed by atoms with van der Waals surface area (Å²) in [5, 5.41) is 2.93. The van der Waals surface area contributed by atoms with Crippen molar-refractivity contribution in [1.29, 1.82) is 0 Å². The molecular weight excluding hydrogens is 374 g/mol. The lowest BCUT2D eigenvalue weighted by molar-refractivity contribution is -0.115. The van der Waals surface area contributed by atoms with Gasteiger partial charge >= 0.3 is 0 Å². The highest BCUT2D eigenvalue weighted by atomic mass is 16.2. The van der Waals surface area contributed by atoms with Crippen molar-refractivity contribution in [1.82, 2.24) is 4.90 Å². The molecule has 0 fully saturated rings. The summed E-state index contributed by atoms with van der Waals surface area (Å²) in [5.74, 6) is -0.245. The molecule has 0 radical (unpaired) electrons. The molecule has 30 heavy (non-hydrogen) atoms. The highest BCUT2D eigenvalue weighted by molar-refractivity contribution is 5.98. The lowest BCUT2D eigenvalue weighted by Gasteiger charge is -2.31. The fourth-order valence-electron chi connectivity index (χ4n) is 3.33. The zero-order chi connectivity index (χ0) is 21.5. The zero-order valence-corrected chi connectivity index (χ0v) is 17.6. The van der Waals surface area contributed by atoms with Gasteiger partial charge in [-0.15, -0.1) is 0 Å². The monoisotopic (exact) mass is 401 g/mol. The van der Waals surface area contributed by atoms with Crippen molar-refractivity contribution in [3.63, 3.8) is 0 Å². The van der Waals surface area contributed by atoms with Crippen molar-refractivity contribution in [2.45, 2.75) is 13.0 Å². The molecule has 0 aliphatic rings. The van der Waals surface area contributed by atoms with E-state index in [1.165, 1.54) is 4.90 Å². The maximum Gasteiger partial charge on any atom is 0.253 e. The summed E-state index contributed by atoms with van der Waals surface area (Å²) in [6.45, 7) is 2.28. The van der Waals surface area contributed by atoms with Crippen LogP contribution in [0.3, 0.4) is 0 Å². The van der Waals surface area contributed by atoms with Crippen LogP contribution >= 0.6 is 0 Å². The van der Waals surface area contributed by atoms with Crippen LogP contribution in [-0.2, 0) is 4.79 Å². The summed E-state index contributed by atoms with van der Waals surface area (Å²) in [5.41, 5.74) is 3.25. The van der Waals surface area contributed by atoms with Crippen molar-refractivity contribution in [2.24, 2.45) is 0 Å². The van der Waals surface area contributed by atoms with Gasteiger partial charge in [-0.25, -0.2) is 0 Å². The van der Waals surface area contributed by atoms with Crippen LogP contribution in [-0.4, -0.2) is 37.4 Å². The van der Waals surface area contributed by atoms with Crippen LogP contribution in [0, 0.1) is 0 Å². The third-order valence-electron chi connectivity index (χ3n) is 4.95. The summed E-state index contributed by atoms with van der Waals surface area (Å²) in [6, 6.07) is 27.0. The smallest absolute Gasteiger partial charge is 0.253 e. The number of para-hydroxylation sites is 1. The summed E-state index contributed by atoms with van der Waals surface area (Å²) in [4.78, 5) is 28.7. The number of nitrogens with one attached hydrogen (secondary N) is 1. The van der Waals surface area contributed by atoms with Crippen molar-refractivity contribution in [2.75, 3.05) is 30.9 Å². The van der Waals surface area contributed by atoms with Crippen molar-refractivity contribution >= 4 is 23.2 Å². The third-order valence-corrected chi connectivity index (χ3v) is 4.95. The first kappa shape index (κ1) is 21.1. The Hall–Kier alpha value is -3.60. The summed E-state index contributed by atoms with van der Waals surface area (Å²) >= 11 is 0. The van der Waals surface area contributed by atoms with Crippen LogP contribution in [0.5, 0.6) is 0 Å². The van der Waals surface area contributed by atoms with Gasteiger partial charge in [-0.3, -0.25) is 9.59 Å². The molecule has 0 aliphatic heterocycles. The van der Waals surface area contributed by atoms with E-state index in [9.17, 15) is 9.59 Å². The van der Waals surface area contributed by atoms with Crippen LogP contribution in [0.15, 0.2) is 84.9 Å². The lowest BCUT2D eigenvalue weighted by Crippen LogP contribution is -2.35. The summed E-state index contributed by atoms with van der Waals surface area (Å²) < 4.78 is 0. The Morgan fingerprint density at radius 1 is 0.867 bits per heavy atom. The number of anilines is 2. The van der Waals surface area contributed by atoms with Gasteiger partial charge in [0.15, 0.2) is 0 Å². The topological polar surface area (TPSA) is 52.7 Å². The van der Waals surface area contributed by atoms with E-state index in [2.05, 4.69) is 29.3 Å². The molecule has 3 aromatic carbocycles. The summed E-state index contributed by atoms with van der Waals surface area (Å²) in [7, 11) is 3.41. The first-order chi connectivity index (χ1) is 14.5. The second-order valence-corrected chi connectivity index (χ2v) is 7.38. The Morgan fingerprint density at radius 2 is 1.50 bits per heavy atom. The fourth-order valence-corrected chi connectivity index (χ4v) is 3.33. The largest absolute Gasteiger partial charge is 0.355 e. The molecule has 0 heterocycles. The molecule has 0 unspecified atom stereocenters. The second kappa shape index (κ2) is 9.74. The highest BCUT2D eigenvalue weighted by Crippen LogP contribution is 2.26. The average Bonchev–Trinajstić information content (AvgIpc) is 2.77. The molecule has 1 N–H and O–H groups in total. The molecule has 0 aromatic heterocycles. The normalized spacial score (nSPS) is 11.4. The Balaban J connectivity index is 1.79. The van der Waals surface area contributed by atoms with Gasteiger partial charge in [0.1, 0.15) is 0 Å². The molecule has 0 bridgehead atoms. The standard InChI is InChI=1S/C25H27N3O2/c1-19(20-11-6-4-7-12-20)28(23-15-8-5-9-16-23)18-24(29)26-22-14-10-13-21(17-22)25(30)27(2)3/h4-17,19H,18H2,1-3H3,(H,26,29)/t19-/m1/s1. The molecule has 5 nitrogen and oxygen atoms in total. The van der Waals surface area contributed by atoms with Gasteiger partial charge in [0.05, 0.1) is 12.6 Å². The van der Waals surface area contributed by atoms with Crippen molar-refractivity contribution < 1.29 is 9.59 Å². The minimum Gasteiger partial charge on any atom is -0.355 e. The fraction of sp³-hybridized carbons (Fsp3) is 0.200. The zero-order valence-electron chi connectivity index (χ0n) is 17.6. The van der Waals surface area contributed by atoms with E-state index >= 15 is 0 Å². The SMILES string of the molecule is C[C@H](c1ccccc1)N(CC(=O)Nc1cccc(C(=O)N(C)C)c1)c1ccccc1. The number of carbonyl (C=O) groups excluding carboxylic acids is 2. The minimum absolute atomic E-state index is 0.0148. The molecule has 5 heteroatoms. The van der Waals surface area contributed by atoms with Crippen LogP contribution in [0.25, 0.3) is 0 Å². The lowest BCUT2D eigenvalue weighted by atomic mass is 10.1. The van der Waals surface area contributed by atoms with Gasteiger partial charge in [0, 0.05) is 31.0 Å². The Morgan fingerprint density at radius 3 is 2.13 bits per heavy atom. The molecule has 1 atom stereocenters. The van der Waals surface area contributed by atoms with E-state index in [1.807, 2.05) is 48.5 Å². The van der Waals surface area contributed by atoms with E-state index in [1.54, 1.807) is 38.4 Å². The first-order valence-electron chi connectivity index (χ1n) is 9.94. The van der Waals surface area contributed by atoms with Crippen molar-refractivity contribution in [3.8, 4) is 0 Å². The molecule has 0 saturated heterocycles. The molecule has 154 valence electrons. The van der Waals surface area contributed by atoms with E-state index < -0.39 is 0 Å². The second-order valence-electron chi connectivity index (χ2n) is 7.38. The van der Waals surface area contributed by atoms with E-state index in [0.29, 0.717) is 11.3 Å². The number of benzene rings is 3. The van der Waals surface area contributed by atoms with Gasteiger partial charge in [0.2, 0.25) is 5.91 Å². The van der Waals surface area contributed by atoms with Crippen LogP contribution in [0.1, 0.15) is 28.9 Å². The number of nitrogens with zero attached hydrogens (tertiary/aromatic N) is 2. The quantitative estimate of drug-likeness (QED) is 0.630.